The zero-order valence-corrected chi connectivity index (χ0v) is 11.5. The molecule has 4 nitrogen and oxygen atoms in total. The van der Waals surface area contributed by atoms with Gasteiger partial charge in [0, 0.05) is 35.3 Å². The Bertz CT molecular complexity index is 489. The number of carbonyl (C=O) groups is 1. The Labute approximate surface area is 113 Å². The Kier molecular flexibility index (Phi) is 3.27. The number of rotatable bonds is 3. The summed E-state index contributed by atoms with van der Waals surface area (Å²) in [4.78, 5) is 16.8. The first-order valence-corrected chi connectivity index (χ1v) is 6.98. The number of pyridine rings is 1. The average molecular weight is 260 g/mol. The Morgan fingerprint density at radius 2 is 2.05 bits per heavy atom. The van der Waals surface area contributed by atoms with Crippen molar-refractivity contribution in [1.82, 2.24) is 10.3 Å². The van der Waals surface area contributed by atoms with Gasteiger partial charge < -0.3 is 10.1 Å². The zero-order chi connectivity index (χ0) is 13.4. The predicted molar refractivity (Wildman–Crippen MR) is 72.5 cm³/mol. The molecule has 2 saturated heterocycles. The van der Waals surface area contributed by atoms with Crippen LogP contribution < -0.4 is 10.1 Å². The van der Waals surface area contributed by atoms with E-state index >= 15 is 0 Å². The van der Waals surface area contributed by atoms with Crippen LogP contribution in [0, 0.1) is 12.8 Å². The van der Waals surface area contributed by atoms with Crippen molar-refractivity contribution in [2.75, 3.05) is 7.11 Å². The second-order valence-corrected chi connectivity index (χ2v) is 5.72. The highest BCUT2D eigenvalue weighted by molar-refractivity contribution is 5.98. The minimum atomic E-state index is 0.161. The smallest absolute Gasteiger partial charge is 0.215 e. The molecule has 19 heavy (non-hydrogen) atoms. The SMILES string of the molecule is COc1ncc(C(=O)C2CC3CCC(C2)N3)cc1C. The van der Waals surface area contributed by atoms with E-state index in [-0.39, 0.29) is 11.7 Å². The number of fused-ring (bicyclic) bond motifs is 2. The summed E-state index contributed by atoms with van der Waals surface area (Å²) in [6.07, 6.45) is 6.03. The topological polar surface area (TPSA) is 51.2 Å². The number of aryl methyl sites for hydroxylation is 1. The molecule has 1 aromatic rings. The number of ether oxygens (including phenoxy) is 1. The minimum Gasteiger partial charge on any atom is -0.481 e. The minimum absolute atomic E-state index is 0.161. The van der Waals surface area contributed by atoms with Gasteiger partial charge in [-0.05, 0) is 38.7 Å². The molecule has 0 amide bonds. The first kappa shape index (κ1) is 12.6. The molecular weight excluding hydrogens is 240 g/mol. The number of ketones is 1. The lowest BCUT2D eigenvalue weighted by molar-refractivity contribution is 0.0875. The van der Waals surface area contributed by atoms with Crippen molar-refractivity contribution in [1.29, 1.82) is 0 Å². The fraction of sp³-hybridized carbons (Fsp3) is 0.600. The molecular formula is C15H20N2O2. The monoisotopic (exact) mass is 260 g/mol. The van der Waals surface area contributed by atoms with Gasteiger partial charge in [0.15, 0.2) is 5.78 Å². The van der Waals surface area contributed by atoms with E-state index in [2.05, 4.69) is 10.3 Å². The molecule has 0 radical (unpaired) electrons. The third-order valence-corrected chi connectivity index (χ3v) is 4.35. The third kappa shape index (κ3) is 2.37. The molecule has 2 atom stereocenters. The van der Waals surface area contributed by atoms with Crippen molar-refractivity contribution < 1.29 is 9.53 Å². The molecule has 1 N–H and O–H groups in total. The molecule has 2 unspecified atom stereocenters. The summed E-state index contributed by atoms with van der Waals surface area (Å²) in [5, 5.41) is 3.57. The number of carbonyl (C=O) groups excluding carboxylic acids is 1. The van der Waals surface area contributed by atoms with Crippen LogP contribution in [0.15, 0.2) is 12.3 Å². The van der Waals surface area contributed by atoms with Gasteiger partial charge in [0.05, 0.1) is 7.11 Å². The number of piperidine rings is 1. The zero-order valence-electron chi connectivity index (χ0n) is 11.5. The van der Waals surface area contributed by atoms with Gasteiger partial charge in [-0.15, -0.1) is 0 Å². The molecule has 1 aromatic heterocycles. The summed E-state index contributed by atoms with van der Waals surface area (Å²) < 4.78 is 5.14. The van der Waals surface area contributed by atoms with Gasteiger partial charge in [0.1, 0.15) is 0 Å². The molecule has 0 spiro atoms. The van der Waals surface area contributed by atoms with E-state index in [1.807, 2.05) is 13.0 Å². The number of nitrogens with zero attached hydrogens (tertiary/aromatic N) is 1. The summed E-state index contributed by atoms with van der Waals surface area (Å²) in [5.41, 5.74) is 1.65. The molecule has 2 aliphatic rings. The van der Waals surface area contributed by atoms with Crippen LogP contribution in [-0.4, -0.2) is 30.0 Å². The van der Waals surface area contributed by atoms with Crippen LogP contribution in [0.1, 0.15) is 41.6 Å². The maximum atomic E-state index is 12.6. The van der Waals surface area contributed by atoms with Crippen LogP contribution in [0.5, 0.6) is 5.88 Å². The summed E-state index contributed by atoms with van der Waals surface area (Å²) in [6.45, 7) is 1.93. The van der Waals surface area contributed by atoms with Gasteiger partial charge in [-0.1, -0.05) is 0 Å². The van der Waals surface area contributed by atoms with Crippen LogP contribution in [-0.2, 0) is 0 Å². The number of Topliss-reactive ketones (excluding diaryl/α,β-unsaturated/α-hetero) is 1. The van der Waals surface area contributed by atoms with Gasteiger partial charge in [-0.2, -0.15) is 0 Å². The van der Waals surface area contributed by atoms with Crippen molar-refractivity contribution >= 4 is 5.78 Å². The standard InChI is InChI=1S/C15H20N2O2/c1-9-5-11(8-16-15(9)19-2)14(18)10-6-12-3-4-13(7-10)17-12/h5,8,10,12-13,17H,3-4,6-7H2,1-2H3. The number of aromatic nitrogens is 1. The predicted octanol–water partition coefficient (Wildman–Crippen LogP) is 2.11. The quantitative estimate of drug-likeness (QED) is 0.846. The normalized spacial score (nSPS) is 29.3. The first-order valence-electron chi connectivity index (χ1n) is 6.98. The first-order chi connectivity index (χ1) is 9.17. The van der Waals surface area contributed by atoms with Crippen LogP contribution >= 0.6 is 0 Å². The molecule has 2 bridgehead atoms. The van der Waals surface area contributed by atoms with Crippen molar-refractivity contribution in [2.45, 2.75) is 44.7 Å². The summed E-state index contributed by atoms with van der Waals surface area (Å²) >= 11 is 0. The summed E-state index contributed by atoms with van der Waals surface area (Å²) in [7, 11) is 1.60. The van der Waals surface area contributed by atoms with E-state index < -0.39 is 0 Å². The molecule has 2 fully saturated rings. The second kappa shape index (κ2) is 4.93. The van der Waals surface area contributed by atoms with Crippen molar-refractivity contribution in [3.05, 3.63) is 23.4 Å². The van der Waals surface area contributed by atoms with E-state index in [1.165, 1.54) is 12.8 Å². The Morgan fingerprint density at radius 1 is 1.37 bits per heavy atom. The van der Waals surface area contributed by atoms with Crippen molar-refractivity contribution in [3.8, 4) is 5.88 Å². The molecule has 2 aliphatic heterocycles. The fourth-order valence-corrected chi connectivity index (χ4v) is 3.42. The molecule has 0 aromatic carbocycles. The Morgan fingerprint density at radius 3 is 2.63 bits per heavy atom. The van der Waals surface area contributed by atoms with Crippen molar-refractivity contribution in [2.24, 2.45) is 5.92 Å². The number of methoxy groups -OCH3 is 1. The molecule has 4 heteroatoms. The molecule has 0 aliphatic carbocycles. The number of hydrogen-bond donors (Lipinski definition) is 1. The molecule has 3 heterocycles. The Hall–Kier alpha value is -1.42. The lowest BCUT2D eigenvalue weighted by Gasteiger charge is -2.28. The van der Waals surface area contributed by atoms with Crippen LogP contribution in [0.2, 0.25) is 0 Å². The van der Waals surface area contributed by atoms with Gasteiger partial charge in [-0.25, -0.2) is 4.98 Å². The fourth-order valence-electron chi connectivity index (χ4n) is 3.42. The maximum Gasteiger partial charge on any atom is 0.215 e. The second-order valence-electron chi connectivity index (χ2n) is 5.72. The highest BCUT2D eigenvalue weighted by Gasteiger charge is 2.36. The van der Waals surface area contributed by atoms with E-state index in [4.69, 9.17) is 4.74 Å². The maximum absolute atomic E-state index is 12.6. The van der Waals surface area contributed by atoms with Gasteiger partial charge >= 0.3 is 0 Å². The molecule has 3 rings (SSSR count). The number of nitrogens with one attached hydrogen (secondary N) is 1. The summed E-state index contributed by atoms with van der Waals surface area (Å²) in [6, 6.07) is 2.98. The molecule has 0 saturated carbocycles. The average Bonchev–Trinajstić information content (AvgIpc) is 2.76. The van der Waals surface area contributed by atoms with E-state index in [0.717, 1.165) is 24.0 Å². The highest BCUT2D eigenvalue weighted by Crippen LogP contribution is 2.33. The van der Waals surface area contributed by atoms with Gasteiger partial charge in [0.2, 0.25) is 5.88 Å². The highest BCUT2D eigenvalue weighted by atomic mass is 16.5. The molecule has 102 valence electrons. The van der Waals surface area contributed by atoms with Crippen LogP contribution in [0.3, 0.4) is 0 Å². The van der Waals surface area contributed by atoms with Crippen LogP contribution in [0.4, 0.5) is 0 Å². The van der Waals surface area contributed by atoms with E-state index in [1.54, 1.807) is 13.3 Å². The third-order valence-electron chi connectivity index (χ3n) is 4.35. The summed E-state index contributed by atoms with van der Waals surface area (Å²) in [5.74, 6) is 1.01. The van der Waals surface area contributed by atoms with Gasteiger partial charge in [0.25, 0.3) is 0 Å². The van der Waals surface area contributed by atoms with Crippen molar-refractivity contribution in [3.63, 3.8) is 0 Å². The lowest BCUT2D eigenvalue weighted by atomic mass is 9.86. The largest absolute Gasteiger partial charge is 0.481 e. The Balaban J connectivity index is 1.78. The van der Waals surface area contributed by atoms with Gasteiger partial charge in [-0.3, -0.25) is 4.79 Å². The van der Waals surface area contributed by atoms with E-state index in [9.17, 15) is 4.79 Å². The number of hydrogen-bond acceptors (Lipinski definition) is 4. The van der Waals surface area contributed by atoms with E-state index in [0.29, 0.717) is 18.0 Å². The van der Waals surface area contributed by atoms with Crippen LogP contribution in [0.25, 0.3) is 0 Å². The lowest BCUT2D eigenvalue weighted by Crippen LogP contribution is -2.40.